The van der Waals surface area contributed by atoms with Crippen LogP contribution in [0.1, 0.15) is 25.3 Å². The summed E-state index contributed by atoms with van der Waals surface area (Å²) in [5.41, 5.74) is 2.56. The zero-order chi connectivity index (χ0) is 16.3. The number of nitrogens with zero attached hydrogens (tertiary/aromatic N) is 1. The number of aryl methyl sites for hydroxylation is 1. The summed E-state index contributed by atoms with van der Waals surface area (Å²) in [5.74, 6) is 0.925. The SMILES string of the molecule is Cc1ccc(OCC2=CC=CC(C)(CN(C)C3CC3)C=C2)cc1. The van der Waals surface area contributed by atoms with Crippen LogP contribution in [0, 0.1) is 12.3 Å². The second kappa shape index (κ2) is 6.76. The van der Waals surface area contributed by atoms with E-state index in [4.69, 9.17) is 4.74 Å². The first-order valence-corrected chi connectivity index (χ1v) is 8.51. The third-order valence-electron chi connectivity index (χ3n) is 4.65. The molecule has 23 heavy (non-hydrogen) atoms. The summed E-state index contributed by atoms with van der Waals surface area (Å²) in [6.45, 7) is 6.07. The van der Waals surface area contributed by atoms with E-state index in [1.807, 2.05) is 12.1 Å². The molecule has 2 nitrogen and oxygen atoms in total. The molecular weight excluding hydrogens is 282 g/mol. The largest absolute Gasteiger partial charge is 0.489 e. The van der Waals surface area contributed by atoms with Crippen molar-refractivity contribution in [3.05, 3.63) is 65.8 Å². The van der Waals surface area contributed by atoms with Gasteiger partial charge in [-0.1, -0.05) is 55.0 Å². The van der Waals surface area contributed by atoms with Gasteiger partial charge in [0.2, 0.25) is 0 Å². The molecule has 1 saturated carbocycles. The van der Waals surface area contributed by atoms with Gasteiger partial charge in [-0.3, -0.25) is 0 Å². The lowest BCUT2D eigenvalue weighted by atomic mass is 9.89. The van der Waals surface area contributed by atoms with E-state index in [-0.39, 0.29) is 5.41 Å². The van der Waals surface area contributed by atoms with Crippen molar-refractivity contribution in [1.29, 1.82) is 0 Å². The van der Waals surface area contributed by atoms with Gasteiger partial charge in [0.15, 0.2) is 0 Å². The topological polar surface area (TPSA) is 12.5 Å². The highest BCUT2D eigenvalue weighted by Crippen LogP contribution is 2.31. The number of rotatable bonds is 6. The molecule has 0 aromatic heterocycles. The molecule has 2 heteroatoms. The smallest absolute Gasteiger partial charge is 0.119 e. The Kier molecular flexibility index (Phi) is 4.72. The molecule has 0 aliphatic heterocycles. The van der Waals surface area contributed by atoms with Crippen LogP contribution in [0.25, 0.3) is 0 Å². The molecule has 122 valence electrons. The second-order valence-corrected chi connectivity index (χ2v) is 7.19. The van der Waals surface area contributed by atoms with Gasteiger partial charge < -0.3 is 9.64 Å². The van der Waals surface area contributed by atoms with E-state index in [2.05, 4.69) is 68.3 Å². The van der Waals surface area contributed by atoms with Crippen molar-refractivity contribution in [2.75, 3.05) is 20.2 Å². The van der Waals surface area contributed by atoms with Crippen molar-refractivity contribution in [1.82, 2.24) is 4.90 Å². The fourth-order valence-corrected chi connectivity index (χ4v) is 2.98. The molecule has 0 heterocycles. The van der Waals surface area contributed by atoms with Crippen LogP contribution in [-0.4, -0.2) is 31.1 Å². The van der Waals surface area contributed by atoms with Gasteiger partial charge in [-0.2, -0.15) is 0 Å². The lowest BCUT2D eigenvalue weighted by Gasteiger charge is -2.28. The Balaban J connectivity index is 1.57. The number of hydrogen-bond donors (Lipinski definition) is 0. The molecule has 1 fully saturated rings. The Bertz CT molecular complexity index is 622. The van der Waals surface area contributed by atoms with Crippen LogP contribution < -0.4 is 4.74 Å². The standard InChI is InChI=1S/C21H27NO/c1-17-6-10-20(11-7-17)23-15-18-5-4-13-21(2,14-12-18)16-22(3)19-8-9-19/h4-7,10-14,19H,8-9,15-16H2,1-3H3. The van der Waals surface area contributed by atoms with Gasteiger partial charge in [0.1, 0.15) is 12.4 Å². The fourth-order valence-electron chi connectivity index (χ4n) is 2.98. The first-order chi connectivity index (χ1) is 11.0. The number of hydrogen-bond acceptors (Lipinski definition) is 2. The fraction of sp³-hybridized carbons (Fsp3) is 0.429. The summed E-state index contributed by atoms with van der Waals surface area (Å²) < 4.78 is 5.89. The predicted octanol–water partition coefficient (Wildman–Crippen LogP) is 4.53. The highest BCUT2D eigenvalue weighted by molar-refractivity contribution is 5.33. The molecule has 0 radical (unpaired) electrons. The van der Waals surface area contributed by atoms with Crippen molar-refractivity contribution in [3.63, 3.8) is 0 Å². The van der Waals surface area contributed by atoms with E-state index in [1.165, 1.54) is 24.0 Å². The zero-order valence-electron chi connectivity index (χ0n) is 14.5. The molecule has 1 unspecified atom stereocenters. The van der Waals surface area contributed by atoms with Crippen molar-refractivity contribution >= 4 is 0 Å². The molecule has 1 aromatic carbocycles. The number of allylic oxidation sites excluding steroid dienone is 2. The molecule has 0 bridgehead atoms. The van der Waals surface area contributed by atoms with E-state index in [0.29, 0.717) is 6.61 Å². The molecule has 2 aliphatic rings. The maximum Gasteiger partial charge on any atom is 0.119 e. The number of ether oxygens (including phenoxy) is 1. The third-order valence-corrected chi connectivity index (χ3v) is 4.65. The van der Waals surface area contributed by atoms with Crippen LogP contribution in [0.2, 0.25) is 0 Å². The first kappa shape index (κ1) is 16.1. The summed E-state index contributed by atoms with van der Waals surface area (Å²) in [7, 11) is 2.24. The van der Waals surface area contributed by atoms with Gasteiger partial charge in [-0.25, -0.2) is 0 Å². The quantitative estimate of drug-likeness (QED) is 0.765. The summed E-state index contributed by atoms with van der Waals surface area (Å²) in [6, 6.07) is 9.02. The number of benzene rings is 1. The summed E-state index contributed by atoms with van der Waals surface area (Å²) in [6.07, 6.45) is 13.9. The molecule has 0 amide bonds. The van der Waals surface area contributed by atoms with Gasteiger partial charge in [-0.05, 0) is 44.5 Å². The van der Waals surface area contributed by atoms with Crippen molar-refractivity contribution in [3.8, 4) is 5.75 Å². The van der Waals surface area contributed by atoms with E-state index >= 15 is 0 Å². The normalized spacial score (nSPS) is 23.7. The molecule has 1 aromatic rings. The Morgan fingerprint density at radius 1 is 1.17 bits per heavy atom. The summed E-state index contributed by atoms with van der Waals surface area (Å²) in [5, 5.41) is 0. The Morgan fingerprint density at radius 2 is 1.91 bits per heavy atom. The van der Waals surface area contributed by atoms with Gasteiger partial charge in [0.05, 0.1) is 0 Å². The van der Waals surface area contributed by atoms with Crippen LogP contribution in [0.5, 0.6) is 5.75 Å². The van der Waals surface area contributed by atoms with E-state index < -0.39 is 0 Å². The van der Waals surface area contributed by atoms with Crippen LogP contribution in [0.4, 0.5) is 0 Å². The molecule has 3 rings (SSSR count). The highest BCUT2D eigenvalue weighted by atomic mass is 16.5. The molecule has 1 atom stereocenters. The van der Waals surface area contributed by atoms with E-state index in [9.17, 15) is 0 Å². The molecule has 0 saturated heterocycles. The highest BCUT2D eigenvalue weighted by Gasteiger charge is 2.30. The maximum atomic E-state index is 5.89. The average Bonchev–Trinajstić information content (AvgIpc) is 3.35. The Morgan fingerprint density at radius 3 is 2.61 bits per heavy atom. The Hall–Kier alpha value is -1.80. The first-order valence-electron chi connectivity index (χ1n) is 8.51. The summed E-state index contributed by atoms with van der Waals surface area (Å²) in [4.78, 5) is 2.49. The third kappa shape index (κ3) is 4.59. The van der Waals surface area contributed by atoms with Crippen LogP contribution in [-0.2, 0) is 0 Å². The minimum Gasteiger partial charge on any atom is -0.489 e. The summed E-state index contributed by atoms with van der Waals surface area (Å²) >= 11 is 0. The lowest BCUT2D eigenvalue weighted by Crippen LogP contribution is -2.32. The molecule has 2 aliphatic carbocycles. The Labute approximate surface area is 140 Å². The van der Waals surface area contributed by atoms with Crippen molar-refractivity contribution < 1.29 is 4.74 Å². The predicted molar refractivity (Wildman–Crippen MR) is 96.8 cm³/mol. The van der Waals surface area contributed by atoms with E-state index in [0.717, 1.165) is 18.3 Å². The van der Waals surface area contributed by atoms with Crippen molar-refractivity contribution in [2.45, 2.75) is 32.7 Å². The molecule has 0 N–H and O–H groups in total. The van der Waals surface area contributed by atoms with Gasteiger partial charge in [0, 0.05) is 18.0 Å². The minimum absolute atomic E-state index is 0.0967. The van der Waals surface area contributed by atoms with Crippen LogP contribution in [0.15, 0.2) is 60.2 Å². The zero-order valence-corrected chi connectivity index (χ0v) is 14.5. The monoisotopic (exact) mass is 309 g/mol. The average molecular weight is 309 g/mol. The van der Waals surface area contributed by atoms with Crippen LogP contribution >= 0.6 is 0 Å². The van der Waals surface area contributed by atoms with Gasteiger partial charge >= 0.3 is 0 Å². The van der Waals surface area contributed by atoms with E-state index in [1.54, 1.807) is 0 Å². The molecular formula is C21H27NO. The van der Waals surface area contributed by atoms with Gasteiger partial charge in [0.25, 0.3) is 0 Å². The lowest BCUT2D eigenvalue weighted by molar-refractivity contribution is 0.261. The molecule has 0 spiro atoms. The second-order valence-electron chi connectivity index (χ2n) is 7.19. The minimum atomic E-state index is 0.0967. The van der Waals surface area contributed by atoms with Crippen LogP contribution in [0.3, 0.4) is 0 Å². The van der Waals surface area contributed by atoms with Crippen molar-refractivity contribution in [2.24, 2.45) is 5.41 Å². The van der Waals surface area contributed by atoms with Gasteiger partial charge in [-0.15, -0.1) is 0 Å². The maximum absolute atomic E-state index is 5.89.